The van der Waals surface area contributed by atoms with Crippen molar-refractivity contribution in [1.29, 1.82) is 0 Å². The third-order valence-corrected chi connectivity index (χ3v) is 5.06. The number of fused-ring (bicyclic) bond motifs is 3. The molecule has 2 N–H and O–H groups in total. The van der Waals surface area contributed by atoms with Gasteiger partial charge in [0.15, 0.2) is 0 Å². The molecule has 0 heterocycles. The molecule has 2 aromatic carbocycles. The number of carbonyl (C=O) groups excluding carboxylic acids is 1. The first kappa shape index (κ1) is 23.2. The Morgan fingerprint density at radius 2 is 1.35 bits per heavy atom. The molecule has 0 radical (unpaired) electrons. The summed E-state index contributed by atoms with van der Waals surface area (Å²) in [6.45, 7) is 3.62. The minimum Gasteiger partial charge on any atom is -0.449 e. The van der Waals surface area contributed by atoms with Crippen LogP contribution in [-0.4, -0.2) is 70.6 Å². The molecule has 1 aliphatic rings. The standard InChI is InChI=1S/C24H31NO6/c26-11-13-29-15-17-30-16-14-28-12-5-10-25-24(27)31-18-23-21-8-3-1-6-19(21)20-7-2-4-9-22(20)23/h1-4,6-9,23,26H,5,10-18H2,(H,25,27). The number of nitrogens with one attached hydrogen (secondary N) is 1. The maximum atomic E-state index is 12.1. The number of hydrogen-bond donors (Lipinski definition) is 2. The zero-order valence-corrected chi connectivity index (χ0v) is 17.8. The predicted octanol–water partition coefficient (Wildman–Crippen LogP) is 2.96. The van der Waals surface area contributed by atoms with Gasteiger partial charge in [-0.05, 0) is 28.7 Å². The van der Waals surface area contributed by atoms with E-state index < -0.39 is 6.09 Å². The van der Waals surface area contributed by atoms with Gasteiger partial charge in [0.05, 0.1) is 39.6 Å². The van der Waals surface area contributed by atoms with Crippen molar-refractivity contribution in [3.63, 3.8) is 0 Å². The van der Waals surface area contributed by atoms with Crippen molar-refractivity contribution in [2.24, 2.45) is 0 Å². The lowest BCUT2D eigenvalue weighted by atomic mass is 9.98. The van der Waals surface area contributed by atoms with Crippen LogP contribution in [-0.2, 0) is 18.9 Å². The van der Waals surface area contributed by atoms with Gasteiger partial charge in [-0.25, -0.2) is 4.79 Å². The van der Waals surface area contributed by atoms with Gasteiger partial charge in [0.1, 0.15) is 6.61 Å². The van der Waals surface area contributed by atoms with E-state index in [1.807, 2.05) is 24.3 Å². The van der Waals surface area contributed by atoms with E-state index in [-0.39, 0.29) is 12.5 Å². The van der Waals surface area contributed by atoms with E-state index in [1.54, 1.807) is 0 Å². The lowest BCUT2D eigenvalue weighted by Gasteiger charge is -2.14. The number of amides is 1. The highest BCUT2D eigenvalue weighted by atomic mass is 16.6. The molecule has 0 bridgehead atoms. The molecule has 7 heteroatoms. The molecule has 0 fully saturated rings. The van der Waals surface area contributed by atoms with Gasteiger partial charge in [-0.1, -0.05) is 48.5 Å². The molecule has 31 heavy (non-hydrogen) atoms. The molecule has 0 aromatic heterocycles. The van der Waals surface area contributed by atoms with Crippen molar-refractivity contribution < 1.29 is 28.8 Å². The summed E-state index contributed by atoms with van der Waals surface area (Å²) in [5.41, 5.74) is 4.83. The molecule has 1 aliphatic carbocycles. The zero-order chi connectivity index (χ0) is 21.7. The van der Waals surface area contributed by atoms with Gasteiger partial charge in [-0.3, -0.25) is 0 Å². The predicted molar refractivity (Wildman–Crippen MR) is 117 cm³/mol. The number of rotatable bonds is 14. The van der Waals surface area contributed by atoms with E-state index in [4.69, 9.17) is 24.1 Å². The molecule has 0 aliphatic heterocycles. The van der Waals surface area contributed by atoms with Crippen LogP contribution in [0.25, 0.3) is 11.1 Å². The summed E-state index contributed by atoms with van der Waals surface area (Å²) in [5.74, 6) is 0.0653. The number of aliphatic hydroxyl groups is 1. The third-order valence-electron chi connectivity index (χ3n) is 5.06. The largest absolute Gasteiger partial charge is 0.449 e. The van der Waals surface area contributed by atoms with Crippen molar-refractivity contribution in [2.75, 3.05) is 59.4 Å². The number of hydrogen-bond acceptors (Lipinski definition) is 6. The smallest absolute Gasteiger partial charge is 0.407 e. The van der Waals surface area contributed by atoms with Crippen LogP contribution in [0.3, 0.4) is 0 Å². The summed E-state index contributed by atoms with van der Waals surface area (Å²) in [6, 6.07) is 16.5. The molecule has 2 aromatic rings. The van der Waals surface area contributed by atoms with Crippen LogP contribution in [0.5, 0.6) is 0 Å². The van der Waals surface area contributed by atoms with E-state index in [0.29, 0.717) is 59.2 Å². The Morgan fingerprint density at radius 1 is 0.806 bits per heavy atom. The number of benzene rings is 2. The summed E-state index contributed by atoms with van der Waals surface area (Å²) in [5, 5.41) is 11.4. The van der Waals surface area contributed by atoms with E-state index in [9.17, 15) is 4.79 Å². The second-order valence-electron chi connectivity index (χ2n) is 7.17. The molecular formula is C24H31NO6. The molecule has 168 valence electrons. The van der Waals surface area contributed by atoms with Gasteiger partial charge >= 0.3 is 6.09 Å². The van der Waals surface area contributed by atoms with Gasteiger partial charge < -0.3 is 29.4 Å². The van der Waals surface area contributed by atoms with Gasteiger partial charge in [0, 0.05) is 19.1 Å². The van der Waals surface area contributed by atoms with Gasteiger partial charge in [0.25, 0.3) is 0 Å². The van der Waals surface area contributed by atoms with Gasteiger partial charge in [0.2, 0.25) is 0 Å². The maximum Gasteiger partial charge on any atom is 0.407 e. The molecule has 3 rings (SSSR count). The lowest BCUT2D eigenvalue weighted by Crippen LogP contribution is -2.27. The Kier molecular flexibility index (Phi) is 9.79. The van der Waals surface area contributed by atoms with Crippen LogP contribution in [0.2, 0.25) is 0 Å². The second-order valence-corrected chi connectivity index (χ2v) is 7.17. The van der Waals surface area contributed by atoms with Crippen LogP contribution in [0, 0.1) is 0 Å². The Hall–Kier alpha value is -2.45. The molecule has 0 saturated carbocycles. The first-order valence-electron chi connectivity index (χ1n) is 10.7. The summed E-state index contributed by atoms with van der Waals surface area (Å²) >= 11 is 0. The van der Waals surface area contributed by atoms with E-state index in [0.717, 1.165) is 0 Å². The Labute approximate surface area is 183 Å². The van der Waals surface area contributed by atoms with Crippen molar-refractivity contribution in [1.82, 2.24) is 5.32 Å². The van der Waals surface area contributed by atoms with Crippen LogP contribution < -0.4 is 5.32 Å². The number of ether oxygens (including phenoxy) is 4. The Balaban J connectivity index is 1.26. The number of aliphatic hydroxyl groups excluding tert-OH is 1. The molecule has 7 nitrogen and oxygen atoms in total. The average molecular weight is 430 g/mol. The lowest BCUT2D eigenvalue weighted by molar-refractivity contribution is 0.00744. The molecule has 0 unspecified atom stereocenters. The summed E-state index contributed by atoms with van der Waals surface area (Å²) in [6.07, 6.45) is 0.289. The minimum absolute atomic E-state index is 0.0210. The van der Waals surface area contributed by atoms with E-state index >= 15 is 0 Å². The van der Waals surface area contributed by atoms with Crippen LogP contribution in [0.1, 0.15) is 23.5 Å². The zero-order valence-electron chi connectivity index (χ0n) is 17.8. The molecule has 1 amide bonds. The van der Waals surface area contributed by atoms with Gasteiger partial charge in [-0.15, -0.1) is 0 Å². The fraction of sp³-hybridized carbons (Fsp3) is 0.458. The normalized spacial score (nSPS) is 12.4. The SMILES string of the molecule is O=C(NCCCOCCOCCOCCO)OCC1c2ccccc2-c2ccccc21. The van der Waals surface area contributed by atoms with Crippen molar-refractivity contribution in [3.05, 3.63) is 59.7 Å². The second kappa shape index (κ2) is 13.1. The van der Waals surface area contributed by atoms with E-state index in [2.05, 4.69) is 29.6 Å². The Bertz CT molecular complexity index is 767. The van der Waals surface area contributed by atoms with Gasteiger partial charge in [-0.2, -0.15) is 0 Å². The Morgan fingerprint density at radius 3 is 1.97 bits per heavy atom. The first-order valence-corrected chi connectivity index (χ1v) is 10.7. The highest BCUT2D eigenvalue weighted by Gasteiger charge is 2.28. The summed E-state index contributed by atoms with van der Waals surface area (Å²) in [4.78, 5) is 12.1. The maximum absolute atomic E-state index is 12.1. The van der Waals surface area contributed by atoms with Crippen molar-refractivity contribution in [3.8, 4) is 11.1 Å². The monoisotopic (exact) mass is 429 g/mol. The van der Waals surface area contributed by atoms with Crippen LogP contribution >= 0.6 is 0 Å². The van der Waals surface area contributed by atoms with Crippen LogP contribution in [0.15, 0.2) is 48.5 Å². The number of carbonyl (C=O) groups is 1. The highest BCUT2D eigenvalue weighted by molar-refractivity contribution is 5.79. The van der Waals surface area contributed by atoms with Crippen LogP contribution in [0.4, 0.5) is 4.79 Å². The minimum atomic E-state index is -0.409. The topological polar surface area (TPSA) is 86.3 Å². The number of alkyl carbamates (subject to hydrolysis) is 1. The summed E-state index contributed by atoms with van der Waals surface area (Å²) < 4.78 is 21.4. The summed E-state index contributed by atoms with van der Waals surface area (Å²) in [7, 11) is 0. The molecule has 0 saturated heterocycles. The van der Waals surface area contributed by atoms with E-state index in [1.165, 1.54) is 22.3 Å². The average Bonchev–Trinajstić information content (AvgIpc) is 3.12. The highest BCUT2D eigenvalue weighted by Crippen LogP contribution is 2.44. The molecule has 0 atom stereocenters. The molecular weight excluding hydrogens is 398 g/mol. The fourth-order valence-corrected chi connectivity index (χ4v) is 3.62. The quantitative estimate of drug-likeness (QED) is 0.449. The van der Waals surface area contributed by atoms with Crippen molar-refractivity contribution in [2.45, 2.75) is 12.3 Å². The fourth-order valence-electron chi connectivity index (χ4n) is 3.62. The van der Waals surface area contributed by atoms with Crippen molar-refractivity contribution >= 4 is 6.09 Å². The molecule has 0 spiro atoms. The first-order chi connectivity index (χ1) is 15.3. The third kappa shape index (κ3) is 7.04.